The highest BCUT2D eigenvalue weighted by Gasteiger charge is 2.46. The summed E-state index contributed by atoms with van der Waals surface area (Å²) in [5.74, 6) is -1.31. The summed E-state index contributed by atoms with van der Waals surface area (Å²) >= 11 is 3.11. The molecule has 1 heterocycles. The maximum Gasteiger partial charge on any atom is 0.417 e. The van der Waals surface area contributed by atoms with E-state index in [4.69, 9.17) is 4.74 Å². The van der Waals surface area contributed by atoms with Gasteiger partial charge >= 0.3 is 6.09 Å². The van der Waals surface area contributed by atoms with Gasteiger partial charge in [-0.15, -0.1) is 0 Å². The number of ether oxygens (including phenoxy) is 1. The van der Waals surface area contributed by atoms with Crippen LogP contribution in [0.3, 0.4) is 0 Å². The van der Waals surface area contributed by atoms with Crippen molar-refractivity contribution in [3.8, 4) is 0 Å². The molecule has 136 valence electrons. The van der Waals surface area contributed by atoms with Gasteiger partial charge in [0.25, 0.3) is 0 Å². The lowest BCUT2D eigenvalue weighted by Crippen LogP contribution is -2.44. The van der Waals surface area contributed by atoms with Gasteiger partial charge in [-0.1, -0.05) is 64.5 Å². The Kier molecular flexibility index (Phi) is 5.38. The summed E-state index contributed by atoms with van der Waals surface area (Å²) in [7, 11) is 0. The zero-order chi connectivity index (χ0) is 18.8. The lowest BCUT2D eigenvalue weighted by Gasteiger charge is -2.24. The minimum absolute atomic E-state index is 0.0254. The SMILES string of the molecule is C[C@H]1[C@@H](c2ccccc2)OC(=O)N1C(=O)[C@@H](Br)[C@H](O)c1ccccc1F. The largest absolute Gasteiger partial charge is 0.439 e. The molecule has 1 fully saturated rings. The molecule has 1 aliphatic heterocycles. The minimum atomic E-state index is -1.44. The molecule has 1 aliphatic rings. The smallest absolute Gasteiger partial charge is 0.417 e. The Labute approximate surface area is 158 Å². The van der Waals surface area contributed by atoms with Gasteiger partial charge in [0.05, 0.1) is 6.04 Å². The number of carbonyl (C=O) groups excluding carboxylic acids is 2. The number of nitrogens with zero attached hydrogens (tertiary/aromatic N) is 1. The number of carbonyl (C=O) groups is 2. The quantitative estimate of drug-likeness (QED) is 0.763. The second-order valence-electron chi connectivity index (χ2n) is 6.03. The van der Waals surface area contributed by atoms with Gasteiger partial charge < -0.3 is 9.84 Å². The van der Waals surface area contributed by atoms with Crippen LogP contribution in [0.2, 0.25) is 0 Å². The van der Waals surface area contributed by atoms with Crippen molar-refractivity contribution in [3.63, 3.8) is 0 Å². The molecule has 7 heteroatoms. The number of aliphatic hydroxyl groups is 1. The summed E-state index contributed by atoms with van der Waals surface area (Å²) in [6, 6.07) is 14.2. The third kappa shape index (κ3) is 3.37. The Morgan fingerprint density at radius 1 is 1.19 bits per heavy atom. The zero-order valence-corrected chi connectivity index (χ0v) is 15.5. The van der Waals surface area contributed by atoms with Crippen LogP contribution >= 0.6 is 15.9 Å². The molecule has 0 bridgehead atoms. The van der Waals surface area contributed by atoms with E-state index in [1.165, 1.54) is 18.2 Å². The maximum absolute atomic E-state index is 13.9. The molecule has 3 rings (SSSR count). The van der Waals surface area contributed by atoms with Gasteiger partial charge in [0, 0.05) is 5.56 Å². The van der Waals surface area contributed by atoms with Crippen molar-refractivity contribution in [1.29, 1.82) is 0 Å². The van der Waals surface area contributed by atoms with Crippen LogP contribution in [0.5, 0.6) is 0 Å². The molecule has 0 unspecified atom stereocenters. The van der Waals surface area contributed by atoms with Gasteiger partial charge in [0.1, 0.15) is 22.9 Å². The first-order valence-corrected chi connectivity index (χ1v) is 8.98. The van der Waals surface area contributed by atoms with Gasteiger partial charge in [0.15, 0.2) is 0 Å². The third-order valence-electron chi connectivity index (χ3n) is 4.37. The molecule has 0 radical (unpaired) electrons. The summed E-state index contributed by atoms with van der Waals surface area (Å²) in [4.78, 5) is 24.8. The molecule has 5 nitrogen and oxygen atoms in total. The highest BCUT2D eigenvalue weighted by Crippen LogP contribution is 2.35. The number of alkyl halides is 1. The van der Waals surface area contributed by atoms with Crippen molar-refractivity contribution in [2.24, 2.45) is 0 Å². The molecule has 0 aliphatic carbocycles. The monoisotopic (exact) mass is 421 g/mol. The number of benzene rings is 2. The molecule has 26 heavy (non-hydrogen) atoms. The summed E-state index contributed by atoms with van der Waals surface area (Å²) in [5.41, 5.74) is 0.743. The van der Waals surface area contributed by atoms with Crippen molar-refractivity contribution < 1.29 is 23.8 Å². The molecule has 0 spiro atoms. The first kappa shape index (κ1) is 18.5. The minimum Gasteiger partial charge on any atom is -0.439 e. The number of hydrogen-bond acceptors (Lipinski definition) is 4. The Hall–Kier alpha value is -2.25. The van der Waals surface area contributed by atoms with Crippen LogP contribution in [0.4, 0.5) is 9.18 Å². The topological polar surface area (TPSA) is 66.8 Å². The third-order valence-corrected chi connectivity index (χ3v) is 5.26. The molecule has 1 saturated heterocycles. The van der Waals surface area contributed by atoms with Gasteiger partial charge in [-0.25, -0.2) is 14.1 Å². The normalized spacial score (nSPS) is 22.0. The average Bonchev–Trinajstić information content (AvgIpc) is 2.95. The summed E-state index contributed by atoms with van der Waals surface area (Å²) in [6.07, 6.45) is -2.83. The van der Waals surface area contributed by atoms with Gasteiger partial charge in [-0.05, 0) is 18.6 Å². The van der Waals surface area contributed by atoms with Crippen LogP contribution in [0, 0.1) is 5.82 Å². The molecular formula is C19H17BrFNO4. The van der Waals surface area contributed by atoms with Crippen LogP contribution in [0.25, 0.3) is 0 Å². The van der Waals surface area contributed by atoms with Gasteiger partial charge in [-0.3, -0.25) is 4.79 Å². The Bertz CT molecular complexity index is 816. The fraction of sp³-hybridized carbons (Fsp3) is 0.263. The van der Waals surface area contributed by atoms with E-state index in [1.54, 1.807) is 13.0 Å². The maximum atomic E-state index is 13.9. The van der Waals surface area contributed by atoms with Crippen molar-refractivity contribution in [3.05, 3.63) is 71.5 Å². The molecule has 2 aromatic carbocycles. The van der Waals surface area contributed by atoms with Crippen molar-refractivity contribution in [1.82, 2.24) is 4.90 Å². The number of halogens is 2. The van der Waals surface area contributed by atoms with Gasteiger partial charge in [-0.2, -0.15) is 0 Å². The predicted molar refractivity (Wildman–Crippen MR) is 96.0 cm³/mol. The van der Waals surface area contributed by atoms with E-state index in [1.807, 2.05) is 30.3 Å². The highest BCUT2D eigenvalue weighted by molar-refractivity contribution is 9.10. The Balaban J connectivity index is 1.81. The number of hydrogen-bond donors (Lipinski definition) is 1. The Morgan fingerprint density at radius 3 is 2.46 bits per heavy atom. The number of cyclic esters (lactones) is 1. The van der Waals surface area contributed by atoms with Crippen LogP contribution in [0.15, 0.2) is 54.6 Å². The van der Waals surface area contributed by atoms with E-state index in [0.29, 0.717) is 0 Å². The van der Waals surface area contributed by atoms with Crippen LogP contribution in [0.1, 0.15) is 30.3 Å². The first-order chi connectivity index (χ1) is 12.4. The molecule has 0 aromatic heterocycles. The zero-order valence-electron chi connectivity index (χ0n) is 13.9. The first-order valence-electron chi connectivity index (χ1n) is 8.07. The van der Waals surface area contributed by atoms with E-state index in [0.717, 1.165) is 10.5 Å². The predicted octanol–water partition coefficient (Wildman–Crippen LogP) is 3.73. The summed E-state index contributed by atoms with van der Waals surface area (Å²) < 4.78 is 19.2. The van der Waals surface area contributed by atoms with Crippen LogP contribution in [-0.2, 0) is 9.53 Å². The summed E-state index contributed by atoms with van der Waals surface area (Å²) in [5, 5.41) is 10.4. The fourth-order valence-electron chi connectivity index (χ4n) is 2.99. The lowest BCUT2D eigenvalue weighted by atomic mass is 10.0. The number of amides is 2. The standard InChI is InChI=1S/C19H17BrFNO4/c1-11-17(12-7-3-2-4-8-12)26-19(25)22(11)18(24)15(20)16(23)13-9-5-6-10-14(13)21/h2-11,15-17,23H,1H3/t11-,15-,16+,17-/m0/s1. The number of rotatable bonds is 4. The molecule has 2 aromatic rings. The number of aliphatic hydroxyl groups excluding tert-OH is 1. The van der Waals surface area contributed by atoms with Crippen molar-refractivity contribution in [2.75, 3.05) is 0 Å². The van der Waals surface area contributed by atoms with E-state index in [9.17, 15) is 19.1 Å². The highest BCUT2D eigenvalue weighted by atomic mass is 79.9. The van der Waals surface area contributed by atoms with E-state index in [-0.39, 0.29) is 5.56 Å². The number of imide groups is 1. The molecule has 0 saturated carbocycles. The van der Waals surface area contributed by atoms with E-state index < -0.39 is 40.9 Å². The van der Waals surface area contributed by atoms with Crippen molar-refractivity contribution >= 4 is 27.9 Å². The molecular weight excluding hydrogens is 405 g/mol. The second-order valence-corrected chi connectivity index (χ2v) is 7.02. The molecule has 1 N–H and O–H groups in total. The Morgan fingerprint density at radius 2 is 1.81 bits per heavy atom. The average molecular weight is 422 g/mol. The van der Waals surface area contributed by atoms with Crippen molar-refractivity contribution in [2.45, 2.75) is 30.0 Å². The van der Waals surface area contributed by atoms with E-state index >= 15 is 0 Å². The lowest BCUT2D eigenvalue weighted by molar-refractivity contribution is -0.130. The van der Waals surface area contributed by atoms with E-state index in [2.05, 4.69) is 15.9 Å². The fourth-order valence-corrected chi connectivity index (χ4v) is 3.49. The van der Waals surface area contributed by atoms with Gasteiger partial charge in [0.2, 0.25) is 5.91 Å². The molecule has 2 amide bonds. The molecule has 4 atom stereocenters. The summed E-state index contributed by atoms with van der Waals surface area (Å²) in [6.45, 7) is 1.69. The van der Waals surface area contributed by atoms with Crippen LogP contribution in [-0.4, -0.2) is 32.9 Å². The van der Waals surface area contributed by atoms with Crippen LogP contribution < -0.4 is 0 Å². The second kappa shape index (κ2) is 7.55.